The van der Waals surface area contributed by atoms with Crippen molar-refractivity contribution in [2.75, 3.05) is 0 Å². The minimum Gasteiger partial charge on any atom is -0.320 e. The Morgan fingerprint density at radius 2 is 1.87 bits per heavy atom. The number of nitrogens with two attached hydrogens (primary N) is 1. The van der Waals surface area contributed by atoms with Crippen LogP contribution in [0.2, 0.25) is 0 Å². The summed E-state index contributed by atoms with van der Waals surface area (Å²) < 4.78 is 14.3. The average molecular weight is 310 g/mol. The van der Waals surface area contributed by atoms with E-state index < -0.39 is 6.04 Å². The number of hydrogen-bond donors (Lipinski definition) is 1. The summed E-state index contributed by atoms with van der Waals surface area (Å²) in [5.41, 5.74) is 8.15. The SMILES string of the molecule is Cn1nc(-c2ccccn2)cc(C(N)c2ccc(F)cc2)c1=O. The lowest BCUT2D eigenvalue weighted by Crippen LogP contribution is -2.29. The van der Waals surface area contributed by atoms with Gasteiger partial charge in [0.1, 0.15) is 11.5 Å². The fourth-order valence-corrected chi connectivity index (χ4v) is 2.34. The summed E-state index contributed by atoms with van der Waals surface area (Å²) in [6.45, 7) is 0. The second-order valence-corrected chi connectivity index (χ2v) is 5.16. The van der Waals surface area contributed by atoms with Gasteiger partial charge in [-0.2, -0.15) is 5.10 Å². The Balaban J connectivity index is 2.10. The monoisotopic (exact) mass is 310 g/mol. The number of nitrogens with zero attached hydrogens (tertiary/aromatic N) is 3. The topological polar surface area (TPSA) is 73.8 Å². The lowest BCUT2D eigenvalue weighted by Gasteiger charge is -2.14. The van der Waals surface area contributed by atoms with Gasteiger partial charge in [0.2, 0.25) is 0 Å². The third-order valence-corrected chi connectivity index (χ3v) is 3.58. The number of benzene rings is 1. The second-order valence-electron chi connectivity index (χ2n) is 5.16. The fraction of sp³-hybridized carbons (Fsp3) is 0.118. The van der Waals surface area contributed by atoms with E-state index in [2.05, 4.69) is 10.1 Å². The van der Waals surface area contributed by atoms with Gasteiger partial charge in [0.25, 0.3) is 5.56 Å². The number of aromatic nitrogens is 3. The van der Waals surface area contributed by atoms with Crippen LogP contribution < -0.4 is 11.3 Å². The lowest BCUT2D eigenvalue weighted by atomic mass is 10.00. The molecule has 1 unspecified atom stereocenters. The zero-order valence-corrected chi connectivity index (χ0v) is 12.5. The molecule has 3 aromatic rings. The van der Waals surface area contributed by atoms with Crippen LogP contribution in [0.1, 0.15) is 17.2 Å². The minimum atomic E-state index is -0.667. The summed E-state index contributed by atoms with van der Waals surface area (Å²) in [5.74, 6) is -0.349. The predicted molar refractivity (Wildman–Crippen MR) is 85.1 cm³/mol. The molecule has 2 aromatic heterocycles. The third kappa shape index (κ3) is 3.02. The van der Waals surface area contributed by atoms with Crippen molar-refractivity contribution in [3.05, 3.63) is 82.0 Å². The van der Waals surface area contributed by atoms with Gasteiger partial charge in [0.05, 0.1) is 11.7 Å². The molecule has 116 valence electrons. The molecule has 0 bridgehead atoms. The summed E-state index contributed by atoms with van der Waals surface area (Å²) in [6.07, 6.45) is 1.65. The van der Waals surface area contributed by atoms with E-state index in [0.717, 1.165) is 0 Å². The zero-order chi connectivity index (χ0) is 16.4. The molecule has 2 N–H and O–H groups in total. The molecule has 0 saturated carbocycles. The van der Waals surface area contributed by atoms with Gasteiger partial charge < -0.3 is 5.73 Å². The van der Waals surface area contributed by atoms with Crippen molar-refractivity contribution >= 4 is 0 Å². The maximum absolute atomic E-state index is 13.1. The van der Waals surface area contributed by atoms with Crippen LogP contribution in [0.25, 0.3) is 11.4 Å². The largest absolute Gasteiger partial charge is 0.320 e. The van der Waals surface area contributed by atoms with Crippen LogP contribution in [0, 0.1) is 5.82 Å². The number of pyridine rings is 1. The first-order chi connectivity index (χ1) is 11.1. The molecule has 2 heterocycles. The summed E-state index contributed by atoms with van der Waals surface area (Å²) in [6, 6.07) is 12.2. The van der Waals surface area contributed by atoms with Crippen LogP contribution >= 0.6 is 0 Å². The molecule has 0 fully saturated rings. The summed E-state index contributed by atoms with van der Waals surface area (Å²) in [7, 11) is 1.57. The molecule has 0 spiro atoms. The Labute approximate surface area is 132 Å². The standard InChI is InChI=1S/C17H15FN4O/c1-22-17(23)13(16(19)11-5-7-12(18)8-6-11)10-15(21-22)14-4-2-3-9-20-14/h2-10,16H,19H2,1H3. The molecule has 1 atom stereocenters. The first kappa shape index (κ1) is 15.1. The van der Waals surface area contributed by atoms with Crippen LogP contribution in [0.15, 0.2) is 59.5 Å². The first-order valence-electron chi connectivity index (χ1n) is 7.07. The molecule has 6 heteroatoms. The van der Waals surface area contributed by atoms with Crippen LogP contribution in [-0.4, -0.2) is 14.8 Å². The van der Waals surface area contributed by atoms with E-state index >= 15 is 0 Å². The van der Waals surface area contributed by atoms with Gasteiger partial charge in [-0.25, -0.2) is 9.07 Å². The fourth-order valence-electron chi connectivity index (χ4n) is 2.34. The van der Waals surface area contributed by atoms with Gasteiger partial charge in [0, 0.05) is 18.8 Å². The van der Waals surface area contributed by atoms with Crippen molar-refractivity contribution in [3.63, 3.8) is 0 Å². The van der Waals surface area contributed by atoms with Crippen molar-refractivity contribution in [1.29, 1.82) is 0 Å². The van der Waals surface area contributed by atoms with E-state index in [0.29, 0.717) is 22.5 Å². The van der Waals surface area contributed by atoms with Gasteiger partial charge >= 0.3 is 0 Å². The smallest absolute Gasteiger partial charge is 0.271 e. The van der Waals surface area contributed by atoms with Gasteiger partial charge in [0.15, 0.2) is 0 Å². The molecule has 0 aliphatic carbocycles. The van der Waals surface area contributed by atoms with Gasteiger partial charge in [-0.3, -0.25) is 9.78 Å². The summed E-state index contributed by atoms with van der Waals surface area (Å²) in [4.78, 5) is 16.6. The average Bonchev–Trinajstić information content (AvgIpc) is 2.58. The van der Waals surface area contributed by atoms with E-state index in [1.165, 1.54) is 16.8 Å². The minimum absolute atomic E-state index is 0.290. The number of aryl methyl sites for hydroxylation is 1. The van der Waals surface area contributed by atoms with Crippen LogP contribution in [0.4, 0.5) is 4.39 Å². The quantitative estimate of drug-likeness (QED) is 0.803. The highest BCUT2D eigenvalue weighted by Crippen LogP contribution is 2.20. The molecule has 3 rings (SSSR count). The Morgan fingerprint density at radius 1 is 1.13 bits per heavy atom. The molecule has 1 aromatic carbocycles. The summed E-state index contributed by atoms with van der Waals surface area (Å²) in [5, 5.41) is 4.22. The van der Waals surface area contributed by atoms with E-state index in [1.807, 2.05) is 6.07 Å². The van der Waals surface area contributed by atoms with Crippen molar-refractivity contribution in [3.8, 4) is 11.4 Å². The molecule has 0 aliphatic heterocycles. The van der Waals surface area contributed by atoms with Crippen LogP contribution in [0.5, 0.6) is 0 Å². The Bertz CT molecular complexity index is 875. The van der Waals surface area contributed by atoms with E-state index in [-0.39, 0.29) is 11.4 Å². The Hall–Kier alpha value is -2.86. The normalized spacial score (nSPS) is 12.1. The van der Waals surface area contributed by atoms with Crippen LogP contribution in [-0.2, 0) is 7.05 Å². The molecule has 5 nitrogen and oxygen atoms in total. The number of rotatable bonds is 3. The molecule has 0 radical (unpaired) electrons. The van der Waals surface area contributed by atoms with Crippen molar-refractivity contribution < 1.29 is 4.39 Å². The third-order valence-electron chi connectivity index (χ3n) is 3.58. The van der Waals surface area contributed by atoms with E-state index in [9.17, 15) is 9.18 Å². The summed E-state index contributed by atoms with van der Waals surface area (Å²) >= 11 is 0. The van der Waals surface area contributed by atoms with Crippen molar-refractivity contribution in [2.24, 2.45) is 12.8 Å². The number of hydrogen-bond acceptors (Lipinski definition) is 4. The molecule has 0 aliphatic rings. The van der Waals surface area contributed by atoms with Crippen molar-refractivity contribution in [1.82, 2.24) is 14.8 Å². The highest BCUT2D eigenvalue weighted by molar-refractivity contribution is 5.54. The van der Waals surface area contributed by atoms with E-state index in [1.54, 1.807) is 43.6 Å². The molecule has 23 heavy (non-hydrogen) atoms. The molecule has 0 saturated heterocycles. The Kier molecular flexibility index (Phi) is 3.99. The highest BCUT2D eigenvalue weighted by atomic mass is 19.1. The highest BCUT2D eigenvalue weighted by Gasteiger charge is 2.17. The molecular formula is C17H15FN4O. The van der Waals surface area contributed by atoms with E-state index in [4.69, 9.17) is 5.73 Å². The number of halogens is 1. The predicted octanol–water partition coefficient (Wildman–Crippen LogP) is 2.03. The Morgan fingerprint density at radius 3 is 2.52 bits per heavy atom. The molecular weight excluding hydrogens is 295 g/mol. The van der Waals surface area contributed by atoms with Gasteiger partial charge in [-0.1, -0.05) is 18.2 Å². The van der Waals surface area contributed by atoms with Crippen molar-refractivity contribution in [2.45, 2.75) is 6.04 Å². The van der Waals surface area contributed by atoms with Crippen LogP contribution in [0.3, 0.4) is 0 Å². The second kappa shape index (κ2) is 6.10. The zero-order valence-electron chi connectivity index (χ0n) is 12.5. The maximum Gasteiger partial charge on any atom is 0.271 e. The van der Waals surface area contributed by atoms with Gasteiger partial charge in [-0.15, -0.1) is 0 Å². The van der Waals surface area contributed by atoms with Gasteiger partial charge in [-0.05, 0) is 35.9 Å². The molecule has 0 amide bonds. The first-order valence-corrected chi connectivity index (χ1v) is 7.07. The maximum atomic E-state index is 13.1. The lowest BCUT2D eigenvalue weighted by molar-refractivity contribution is 0.626.